The fourth-order valence-corrected chi connectivity index (χ4v) is 4.29. The smallest absolute Gasteiger partial charge is 0.263 e. The average molecular weight is 319 g/mol. The molecule has 1 fully saturated rings. The Kier molecular flexibility index (Phi) is 3.87. The lowest BCUT2D eigenvalue weighted by molar-refractivity contribution is 0.120. The van der Waals surface area contributed by atoms with Gasteiger partial charge in [0.15, 0.2) is 0 Å². The van der Waals surface area contributed by atoms with E-state index in [1.54, 1.807) is 24.4 Å². The van der Waals surface area contributed by atoms with Gasteiger partial charge in [0.05, 0.1) is 18.1 Å². The van der Waals surface area contributed by atoms with Crippen molar-refractivity contribution in [3.05, 3.63) is 54.8 Å². The van der Waals surface area contributed by atoms with E-state index in [-0.39, 0.29) is 5.41 Å². The van der Waals surface area contributed by atoms with Crippen LogP contribution in [0.1, 0.15) is 12.0 Å². The van der Waals surface area contributed by atoms with Crippen molar-refractivity contribution in [1.82, 2.24) is 4.31 Å². The molecule has 2 aliphatic rings. The molecule has 1 aromatic carbocycles. The van der Waals surface area contributed by atoms with E-state index in [0.29, 0.717) is 30.6 Å². The van der Waals surface area contributed by atoms with Crippen LogP contribution in [0.2, 0.25) is 0 Å². The second-order valence-electron chi connectivity index (χ2n) is 6.14. The third kappa shape index (κ3) is 2.71. The summed E-state index contributed by atoms with van der Waals surface area (Å²) in [5.41, 5.74) is 1.08. The Morgan fingerprint density at radius 2 is 2.14 bits per heavy atom. The molecule has 3 rings (SSSR count). The maximum absolute atomic E-state index is 12.7. The van der Waals surface area contributed by atoms with Gasteiger partial charge in [-0.25, -0.2) is 8.42 Å². The summed E-state index contributed by atoms with van der Waals surface area (Å²) in [6.07, 6.45) is 6.42. The number of hydrogen-bond donors (Lipinski definition) is 0. The first-order chi connectivity index (χ1) is 10.5. The Morgan fingerprint density at radius 1 is 1.41 bits per heavy atom. The molecule has 5 heteroatoms. The van der Waals surface area contributed by atoms with Crippen LogP contribution in [-0.2, 0) is 14.8 Å². The number of hydrogen-bond acceptors (Lipinski definition) is 3. The highest BCUT2D eigenvalue weighted by Gasteiger charge is 2.55. The lowest BCUT2D eigenvalue weighted by Crippen LogP contribution is -2.33. The third-order valence-electron chi connectivity index (χ3n) is 4.49. The first-order valence-corrected chi connectivity index (χ1v) is 8.88. The summed E-state index contributed by atoms with van der Waals surface area (Å²) >= 11 is 0. The van der Waals surface area contributed by atoms with Gasteiger partial charge in [0.1, 0.15) is 0 Å². The van der Waals surface area contributed by atoms with E-state index in [9.17, 15) is 8.42 Å². The Labute approximate surface area is 132 Å². The maximum Gasteiger partial charge on any atom is 0.263 e. The predicted octanol–water partition coefficient (Wildman–Crippen LogP) is 2.72. The standard InChI is InChI=1S/C17H21NO3S/c1-3-10-21-13-17-8-9-18(12-15(17)11-17)22(19,20)16-6-4-14(2)5-7-16/h3-9,15H,1,10-13H2,2H3/t15-,17-/m0/s1. The third-order valence-corrected chi connectivity index (χ3v) is 6.24. The largest absolute Gasteiger partial charge is 0.376 e. The van der Waals surface area contributed by atoms with Gasteiger partial charge in [0.25, 0.3) is 10.0 Å². The molecule has 1 aliphatic heterocycles. The molecule has 0 N–H and O–H groups in total. The first kappa shape index (κ1) is 15.3. The van der Waals surface area contributed by atoms with E-state index in [0.717, 1.165) is 12.0 Å². The second-order valence-corrected chi connectivity index (χ2v) is 8.03. The molecule has 4 nitrogen and oxygen atoms in total. The molecular weight excluding hydrogens is 298 g/mol. The Morgan fingerprint density at radius 3 is 2.77 bits per heavy atom. The van der Waals surface area contributed by atoms with Crippen molar-refractivity contribution in [2.75, 3.05) is 19.8 Å². The number of benzene rings is 1. The summed E-state index contributed by atoms with van der Waals surface area (Å²) in [6.45, 7) is 7.28. The lowest BCUT2D eigenvalue weighted by atomic mass is 10.0. The van der Waals surface area contributed by atoms with Gasteiger partial charge in [-0.1, -0.05) is 29.8 Å². The fourth-order valence-electron chi connectivity index (χ4n) is 2.94. The van der Waals surface area contributed by atoms with Crippen LogP contribution in [-0.4, -0.2) is 32.5 Å². The molecule has 1 heterocycles. The topological polar surface area (TPSA) is 46.6 Å². The minimum absolute atomic E-state index is 0.0301. The Bertz CT molecular complexity index is 693. The van der Waals surface area contributed by atoms with Gasteiger partial charge in [-0.3, -0.25) is 4.31 Å². The van der Waals surface area contributed by atoms with Crippen LogP contribution in [0, 0.1) is 18.3 Å². The lowest BCUT2D eigenvalue weighted by Gasteiger charge is -2.26. The maximum atomic E-state index is 12.7. The highest BCUT2D eigenvalue weighted by atomic mass is 32.2. The second kappa shape index (κ2) is 5.56. The van der Waals surface area contributed by atoms with Crippen molar-refractivity contribution >= 4 is 10.0 Å². The van der Waals surface area contributed by atoms with Gasteiger partial charge in [0, 0.05) is 18.2 Å². The van der Waals surface area contributed by atoms with Crippen molar-refractivity contribution < 1.29 is 13.2 Å². The van der Waals surface area contributed by atoms with E-state index in [1.165, 1.54) is 4.31 Å². The van der Waals surface area contributed by atoms with Crippen molar-refractivity contribution in [2.45, 2.75) is 18.2 Å². The van der Waals surface area contributed by atoms with E-state index >= 15 is 0 Å². The summed E-state index contributed by atoms with van der Waals surface area (Å²) in [7, 11) is -3.45. The molecule has 0 saturated heterocycles. The van der Waals surface area contributed by atoms with Crippen molar-refractivity contribution in [1.29, 1.82) is 0 Å². The van der Waals surface area contributed by atoms with Crippen LogP contribution in [0.3, 0.4) is 0 Å². The van der Waals surface area contributed by atoms with E-state index in [2.05, 4.69) is 6.58 Å². The number of nitrogens with zero attached hydrogens (tertiary/aromatic N) is 1. The molecule has 1 aromatic rings. The van der Waals surface area contributed by atoms with Gasteiger partial charge in [-0.2, -0.15) is 0 Å². The normalized spacial score (nSPS) is 26.6. The van der Waals surface area contributed by atoms with Crippen LogP contribution in [0.5, 0.6) is 0 Å². The molecule has 0 aromatic heterocycles. The van der Waals surface area contributed by atoms with E-state index in [1.807, 2.05) is 25.1 Å². The summed E-state index contributed by atoms with van der Waals surface area (Å²) < 4.78 is 32.3. The number of fused-ring (bicyclic) bond motifs is 1. The average Bonchev–Trinajstić information content (AvgIpc) is 3.21. The molecule has 1 saturated carbocycles. The minimum atomic E-state index is -3.45. The van der Waals surface area contributed by atoms with Crippen molar-refractivity contribution in [3.63, 3.8) is 0 Å². The highest BCUT2D eigenvalue weighted by Crippen LogP contribution is 2.56. The summed E-state index contributed by atoms with van der Waals surface area (Å²) in [6, 6.07) is 6.98. The van der Waals surface area contributed by atoms with Gasteiger partial charge in [-0.05, 0) is 31.4 Å². The minimum Gasteiger partial charge on any atom is -0.376 e. The highest BCUT2D eigenvalue weighted by molar-refractivity contribution is 7.89. The van der Waals surface area contributed by atoms with E-state index in [4.69, 9.17) is 4.74 Å². The zero-order valence-electron chi connectivity index (χ0n) is 12.7. The first-order valence-electron chi connectivity index (χ1n) is 7.44. The molecule has 0 radical (unpaired) electrons. The number of ether oxygens (including phenoxy) is 1. The molecule has 22 heavy (non-hydrogen) atoms. The van der Waals surface area contributed by atoms with Crippen molar-refractivity contribution in [2.24, 2.45) is 11.3 Å². The van der Waals surface area contributed by atoms with Gasteiger partial charge in [-0.15, -0.1) is 6.58 Å². The van der Waals surface area contributed by atoms with Crippen LogP contribution >= 0.6 is 0 Å². The SMILES string of the molecule is C=CCOC[C@@]12C=CN(S(=O)(=O)c3ccc(C)cc3)C[C@@H]1C2. The number of rotatable bonds is 6. The quantitative estimate of drug-likeness (QED) is 0.598. The zero-order chi connectivity index (χ0) is 15.8. The molecule has 2 atom stereocenters. The van der Waals surface area contributed by atoms with Crippen LogP contribution < -0.4 is 0 Å². The molecular formula is C17H21NO3S. The molecule has 0 unspecified atom stereocenters. The molecule has 0 amide bonds. The van der Waals surface area contributed by atoms with E-state index < -0.39 is 10.0 Å². The molecule has 1 aliphatic carbocycles. The molecule has 0 spiro atoms. The zero-order valence-corrected chi connectivity index (χ0v) is 13.6. The summed E-state index contributed by atoms with van der Waals surface area (Å²) in [4.78, 5) is 0.346. The summed E-state index contributed by atoms with van der Waals surface area (Å²) in [5, 5.41) is 0. The molecule has 118 valence electrons. The number of sulfonamides is 1. The monoisotopic (exact) mass is 319 g/mol. The van der Waals surface area contributed by atoms with Gasteiger partial charge < -0.3 is 4.74 Å². The summed E-state index contributed by atoms with van der Waals surface area (Å²) in [5.74, 6) is 0.350. The van der Waals surface area contributed by atoms with Crippen LogP contribution in [0.15, 0.2) is 54.1 Å². The predicted molar refractivity (Wildman–Crippen MR) is 85.8 cm³/mol. The Hall–Kier alpha value is -1.59. The van der Waals surface area contributed by atoms with Crippen LogP contribution in [0.4, 0.5) is 0 Å². The van der Waals surface area contributed by atoms with Crippen molar-refractivity contribution in [3.8, 4) is 0 Å². The fraction of sp³-hybridized carbons (Fsp3) is 0.412. The van der Waals surface area contributed by atoms with Crippen LogP contribution in [0.25, 0.3) is 0 Å². The Balaban J connectivity index is 1.74. The van der Waals surface area contributed by atoms with Gasteiger partial charge in [0.2, 0.25) is 0 Å². The number of aryl methyl sites for hydroxylation is 1. The molecule has 0 bridgehead atoms. The van der Waals surface area contributed by atoms with Gasteiger partial charge >= 0.3 is 0 Å².